The van der Waals surface area contributed by atoms with Gasteiger partial charge in [0.15, 0.2) is 5.96 Å². The second-order valence-electron chi connectivity index (χ2n) is 9.01. The number of hydrogen-bond donors (Lipinski definition) is 3. The van der Waals surface area contributed by atoms with Crippen molar-refractivity contribution in [2.24, 2.45) is 16.3 Å². The number of aromatic nitrogens is 2. The number of imidazole rings is 1. The SMILES string of the molecule is CCNC(=NCC1CCCOC1C(C)(C)C)NCCCc1nc2ccccc2[nH]1.I. The van der Waals surface area contributed by atoms with Gasteiger partial charge < -0.3 is 20.4 Å². The van der Waals surface area contributed by atoms with Gasteiger partial charge in [0.25, 0.3) is 0 Å². The third-order valence-corrected chi connectivity index (χ3v) is 5.45. The highest BCUT2D eigenvalue weighted by molar-refractivity contribution is 14.0. The van der Waals surface area contributed by atoms with Gasteiger partial charge in [-0.15, -0.1) is 24.0 Å². The number of fused-ring (bicyclic) bond motifs is 1. The molecule has 2 aromatic rings. The van der Waals surface area contributed by atoms with E-state index in [-0.39, 0.29) is 35.5 Å². The first kappa shape index (κ1) is 24.9. The summed E-state index contributed by atoms with van der Waals surface area (Å²) in [6, 6.07) is 8.17. The fourth-order valence-electron chi connectivity index (χ4n) is 4.12. The van der Waals surface area contributed by atoms with Crippen LogP contribution in [0.4, 0.5) is 0 Å². The third kappa shape index (κ3) is 7.11. The van der Waals surface area contributed by atoms with Crippen LogP contribution in [-0.2, 0) is 11.2 Å². The molecular weight excluding hydrogens is 489 g/mol. The third-order valence-electron chi connectivity index (χ3n) is 5.45. The molecule has 1 aromatic carbocycles. The predicted octanol–water partition coefficient (Wildman–Crippen LogP) is 4.51. The van der Waals surface area contributed by atoms with Crippen LogP contribution in [0.1, 0.15) is 52.8 Å². The molecule has 0 aliphatic carbocycles. The van der Waals surface area contributed by atoms with E-state index in [2.05, 4.69) is 54.4 Å². The van der Waals surface area contributed by atoms with E-state index < -0.39 is 0 Å². The Hall–Kier alpha value is -1.35. The van der Waals surface area contributed by atoms with Crippen LogP contribution < -0.4 is 10.6 Å². The van der Waals surface area contributed by atoms with Crippen LogP contribution in [0.5, 0.6) is 0 Å². The number of nitrogens with zero attached hydrogens (tertiary/aromatic N) is 2. The zero-order valence-corrected chi connectivity index (χ0v) is 21.2. The summed E-state index contributed by atoms with van der Waals surface area (Å²) in [7, 11) is 0. The lowest BCUT2D eigenvalue weighted by atomic mass is 9.78. The van der Waals surface area contributed by atoms with Gasteiger partial charge >= 0.3 is 0 Å². The maximum Gasteiger partial charge on any atom is 0.191 e. The highest BCUT2D eigenvalue weighted by atomic mass is 127. The first-order valence-corrected chi connectivity index (χ1v) is 11.0. The molecule has 0 bridgehead atoms. The summed E-state index contributed by atoms with van der Waals surface area (Å²) in [6.45, 7) is 12.3. The van der Waals surface area contributed by atoms with Gasteiger partial charge in [0.05, 0.1) is 17.1 Å². The molecular formula is C23H38IN5O. The maximum absolute atomic E-state index is 6.10. The number of guanidine groups is 1. The van der Waals surface area contributed by atoms with Gasteiger partial charge in [0, 0.05) is 38.6 Å². The van der Waals surface area contributed by atoms with Crippen molar-refractivity contribution in [3.63, 3.8) is 0 Å². The van der Waals surface area contributed by atoms with Crippen molar-refractivity contribution in [3.05, 3.63) is 30.1 Å². The average Bonchev–Trinajstić information content (AvgIpc) is 3.11. The van der Waals surface area contributed by atoms with Crippen molar-refractivity contribution < 1.29 is 4.74 Å². The Labute approximate surface area is 198 Å². The molecule has 2 heterocycles. The van der Waals surface area contributed by atoms with Crippen LogP contribution in [0.3, 0.4) is 0 Å². The zero-order valence-electron chi connectivity index (χ0n) is 18.8. The smallest absolute Gasteiger partial charge is 0.191 e. The Kier molecular flexibility index (Phi) is 9.87. The Bertz CT molecular complexity index is 765. The molecule has 3 N–H and O–H groups in total. The molecule has 1 aliphatic rings. The summed E-state index contributed by atoms with van der Waals surface area (Å²) in [5.74, 6) is 2.42. The minimum atomic E-state index is 0. The number of aliphatic imine (C=N–C) groups is 1. The normalized spacial score (nSPS) is 20.1. The largest absolute Gasteiger partial charge is 0.377 e. The second-order valence-corrected chi connectivity index (χ2v) is 9.01. The van der Waals surface area contributed by atoms with Crippen molar-refractivity contribution >= 4 is 41.0 Å². The van der Waals surface area contributed by atoms with E-state index in [4.69, 9.17) is 9.73 Å². The lowest BCUT2D eigenvalue weighted by Gasteiger charge is -2.39. The van der Waals surface area contributed by atoms with Crippen molar-refractivity contribution in [2.45, 2.75) is 59.5 Å². The van der Waals surface area contributed by atoms with E-state index in [1.54, 1.807) is 0 Å². The highest BCUT2D eigenvalue weighted by Gasteiger charge is 2.35. The van der Waals surface area contributed by atoms with Gasteiger partial charge in [-0.1, -0.05) is 32.9 Å². The molecule has 2 unspecified atom stereocenters. The van der Waals surface area contributed by atoms with Crippen molar-refractivity contribution in [3.8, 4) is 0 Å². The van der Waals surface area contributed by atoms with Gasteiger partial charge in [-0.2, -0.15) is 0 Å². The fraction of sp³-hybridized carbons (Fsp3) is 0.652. The molecule has 0 amide bonds. The molecule has 1 saturated heterocycles. The van der Waals surface area contributed by atoms with Crippen LogP contribution in [-0.4, -0.2) is 48.3 Å². The number of halogens is 1. The minimum Gasteiger partial charge on any atom is -0.377 e. The number of rotatable bonds is 7. The second kappa shape index (κ2) is 11.9. The molecule has 0 saturated carbocycles. The molecule has 30 heavy (non-hydrogen) atoms. The Morgan fingerprint density at radius 3 is 2.80 bits per heavy atom. The van der Waals surface area contributed by atoms with Crippen molar-refractivity contribution in [1.29, 1.82) is 0 Å². The van der Waals surface area contributed by atoms with Crippen LogP contribution in [0, 0.1) is 11.3 Å². The van der Waals surface area contributed by atoms with E-state index in [1.807, 2.05) is 18.2 Å². The van der Waals surface area contributed by atoms with Gasteiger partial charge in [0.2, 0.25) is 0 Å². The lowest BCUT2D eigenvalue weighted by molar-refractivity contribution is -0.0823. The monoisotopic (exact) mass is 527 g/mol. The van der Waals surface area contributed by atoms with Crippen LogP contribution >= 0.6 is 24.0 Å². The Morgan fingerprint density at radius 1 is 1.27 bits per heavy atom. The first-order chi connectivity index (χ1) is 14.0. The lowest BCUT2D eigenvalue weighted by Crippen LogP contribution is -2.43. The van der Waals surface area contributed by atoms with Gasteiger partial charge in [0.1, 0.15) is 5.82 Å². The van der Waals surface area contributed by atoms with Gasteiger partial charge in [-0.25, -0.2) is 4.98 Å². The van der Waals surface area contributed by atoms with Crippen LogP contribution in [0.2, 0.25) is 0 Å². The average molecular weight is 527 g/mol. The van der Waals surface area contributed by atoms with Crippen molar-refractivity contribution in [1.82, 2.24) is 20.6 Å². The van der Waals surface area contributed by atoms with Crippen LogP contribution in [0.25, 0.3) is 11.0 Å². The summed E-state index contributed by atoms with van der Waals surface area (Å²) in [5, 5.41) is 6.84. The Morgan fingerprint density at radius 2 is 2.07 bits per heavy atom. The summed E-state index contributed by atoms with van der Waals surface area (Å²) >= 11 is 0. The number of hydrogen-bond acceptors (Lipinski definition) is 3. The van der Waals surface area contributed by atoms with E-state index in [0.29, 0.717) is 5.92 Å². The summed E-state index contributed by atoms with van der Waals surface area (Å²) in [5.41, 5.74) is 2.29. The number of aromatic amines is 1. The molecule has 0 spiro atoms. The molecule has 6 nitrogen and oxygen atoms in total. The molecule has 1 fully saturated rings. The van der Waals surface area contributed by atoms with E-state index in [9.17, 15) is 0 Å². The molecule has 1 aliphatic heterocycles. The number of H-pyrrole nitrogens is 1. The topological polar surface area (TPSA) is 74.3 Å². The summed E-state index contributed by atoms with van der Waals surface area (Å²) in [4.78, 5) is 12.9. The molecule has 3 rings (SSSR count). The molecule has 2 atom stereocenters. The number of para-hydroxylation sites is 2. The minimum absolute atomic E-state index is 0. The summed E-state index contributed by atoms with van der Waals surface area (Å²) < 4.78 is 6.10. The summed E-state index contributed by atoms with van der Waals surface area (Å²) in [6.07, 6.45) is 4.52. The number of ether oxygens (including phenoxy) is 1. The van der Waals surface area contributed by atoms with Gasteiger partial charge in [-0.3, -0.25) is 4.99 Å². The van der Waals surface area contributed by atoms with Crippen molar-refractivity contribution in [2.75, 3.05) is 26.2 Å². The van der Waals surface area contributed by atoms with Gasteiger partial charge in [-0.05, 0) is 43.7 Å². The maximum atomic E-state index is 6.10. The van der Waals surface area contributed by atoms with E-state index >= 15 is 0 Å². The molecule has 0 radical (unpaired) electrons. The zero-order chi connectivity index (χ0) is 20.7. The predicted molar refractivity (Wildman–Crippen MR) is 136 cm³/mol. The van der Waals surface area contributed by atoms with E-state index in [0.717, 1.165) is 68.3 Å². The molecule has 168 valence electrons. The molecule has 1 aromatic heterocycles. The number of benzene rings is 1. The fourth-order valence-corrected chi connectivity index (χ4v) is 4.12. The highest BCUT2D eigenvalue weighted by Crippen LogP contribution is 2.34. The first-order valence-electron chi connectivity index (χ1n) is 11.0. The molecule has 7 heteroatoms. The number of aryl methyl sites for hydroxylation is 1. The standard InChI is InChI=1S/C23H37N5O.HI/c1-5-24-22(26-16-17-10-9-15-29-21(17)23(2,3)4)25-14-8-13-20-27-18-11-6-7-12-19(18)28-20;/h6-7,11-12,17,21H,5,8-10,13-16H2,1-4H3,(H,27,28)(H2,24,25,26);1H. The van der Waals surface area contributed by atoms with E-state index in [1.165, 1.54) is 6.42 Å². The number of nitrogens with one attached hydrogen (secondary N) is 3. The van der Waals surface area contributed by atoms with Crippen LogP contribution in [0.15, 0.2) is 29.3 Å². The quantitative estimate of drug-likeness (QED) is 0.215. The Balaban J connectivity index is 0.00000320.